The van der Waals surface area contributed by atoms with Crippen molar-refractivity contribution in [2.45, 2.75) is 12.8 Å². The molecule has 0 bridgehead atoms. The lowest BCUT2D eigenvalue weighted by Gasteiger charge is -2.17. The Bertz CT molecular complexity index is 508. The standard InChI is InChI=1S/C14H17NO3/c1-9-11-8-13(18-4)12(17-3)7-10(11)5-6-15(2)14(9)16/h5-9H,1-4H3/t9-/m0/s1. The second-order valence-electron chi connectivity index (χ2n) is 4.32. The molecule has 0 N–H and O–H groups in total. The summed E-state index contributed by atoms with van der Waals surface area (Å²) in [5.41, 5.74) is 1.94. The van der Waals surface area contributed by atoms with Crippen LogP contribution in [0.3, 0.4) is 0 Å². The van der Waals surface area contributed by atoms with Crippen molar-refractivity contribution >= 4 is 12.0 Å². The van der Waals surface area contributed by atoms with Gasteiger partial charge in [0.25, 0.3) is 0 Å². The molecule has 1 aromatic rings. The molecule has 0 unspecified atom stereocenters. The number of carbonyl (C=O) groups is 1. The highest BCUT2D eigenvalue weighted by molar-refractivity contribution is 5.87. The molecule has 1 aromatic carbocycles. The van der Waals surface area contributed by atoms with Crippen molar-refractivity contribution in [3.05, 3.63) is 29.5 Å². The van der Waals surface area contributed by atoms with Crippen LogP contribution in [0.2, 0.25) is 0 Å². The number of carbonyl (C=O) groups excluding carboxylic acids is 1. The smallest absolute Gasteiger partial charge is 0.233 e. The molecule has 1 amide bonds. The van der Waals surface area contributed by atoms with E-state index in [1.54, 1.807) is 32.4 Å². The molecule has 1 aliphatic rings. The highest BCUT2D eigenvalue weighted by Gasteiger charge is 2.24. The topological polar surface area (TPSA) is 38.8 Å². The van der Waals surface area contributed by atoms with E-state index in [1.165, 1.54) is 0 Å². The van der Waals surface area contributed by atoms with Crippen molar-refractivity contribution in [3.63, 3.8) is 0 Å². The largest absolute Gasteiger partial charge is 0.493 e. The average Bonchev–Trinajstić information content (AvgIpc) is 2.50. The molecule has 0 radical (unpaired) electrons. The summed E-state index contributed by atoms with van der Waals surface area (Å²) < 4.78 is 10.6. The molecular weight excluding hydrogens is 230 g/mol. The molecule has 0 fully saturated rings. The summed E-state index contributed by atoms with van der Waals surface area (Å²) in [7, 11) is 4.95. The van der Waals surface area contributed by atoms with Crippen LogP contribution in [0, 0.1) is 0 Å². The Labute approximate surface area is 107 Å². The summed E-state index contributed by atoms with van der Waals surface area (Å²) >= 11 is 0. The first-order valence-corrected chi connectivity index (χ1v) is 5.79. The van der Waals surface area contributed by atoms with Gasteiger partial charge >= 0.3 is 0 Å². The molecule has 0 saturated carbocycles. The van der Waals surface area contributed by atoms with Gasteiger partial charge in [0.15, 0.2) is 11.5 Å². The highest BCUT2D eigenvalue weighted by atomic mass is 16.5. The monoisotopic (exact) mass is 247 g/mol. The lowest BCUT2D eigenvalue weighted by molar-refractivity contribution is -0.128. The number of rotatable bonds is 2. The number of methoxy groups -OCH3 is 2. The zero-order valence-electron chi connectivity index (χ0n) is 11.1. The molecule has 18 heavy (non-hydrogen) atoms. The van der Waals surface area contributed by atoms with Gasteiger partial charge in [0.2, 0.25) is 5.91 Å². The molecule has 0 saturated heterocycles. The number of likely N-dealkylation sites (N-methyl/N-ethyl adjacent to an activating group) is 1. The molecule has 1 heterocycles. The minimum absolute atomic E-state index is 0.0669. The number of hydrogen-bond donors (Lipinski definition) is 0. The fourth-order valence-corrected chi connectivity index (χ4v) is 2.13. The quantitative estimate of drug-likeness (QED) is 0.804. The molecule has 0 aliphatic carbocycles. The van der Waals surface area contributed by atoms with E-state index in [-0.39, 0.29) is 11.8 Å². The average molecular weight is 247 g/mol. The number of nitrogens with zero attached hydrogens (tertiary/aromatic N) is 1. The van der Waals surface area contributed by atoms with E-state index in [9.17, 15) is 4.79 Å². The summed E-state index contributed by atoms with van der Waals surface area (Å²) in [5, 5.41) is 0. The molecule has 2 rings (SSSR count). The van der Waals surface area contributed by atoms with Crippen LogP contribution >= 0.6 is 0 Å². The van der Waals surface area contributed by atoms with E-state index >= 15 is 0 Å². The van der Waals surface area contributed by atoms with Gasteiger partial charge in [-0.3, -0.25) is 4.79 Å². The van der Waals surface area contributed by atoms with Crippen molar-refractivity contribution < 1.29 is 14.3 Å². The van der Waals surface area contributed by atoms with Crippen LogP contribution in [0.5, 0.6) is 11.5 Å². The van der Waals surface area contributed by atoms with E-state index in [0.717, 1.165) is 11.1 Å². The Hall–Kier alpha value is -1.97. The van der Waals surface area contributed by atoms with Crippen LogP contribution in [-0.2, 0) is 4.79 Å². The van der Waals surface area contributed by atoms with E-state index < -0.39 is 0 Å². The van der Waals surface area contributed by atoms with Crippen LogP contribution in [0.25, 0.3) is 6.08 Å². The predicted molar refractivity (Wildman–Crippen MR) is 69.8 cm³/mol. The Balaban J connectivity index is 2.59. The first-order chi connectivity index (χ1) is 8.58. The van der Waals surface area contributed by atoms with Gasteiger partial charge in [-0.15, -0.1) is 0 Å². The van der Waals surface area contributed by atoms with Crippen LogP contribution in [-0.4, -0.2) is 32.1 Å². The van der Waals surface area contributed by atoms with Gasteiger partial charge in [-0.25, -0.2) is 0 Å². The van der Waals surface area contributed by atoms with Gasteiger partial charge in [-0.05, 0) is 36.3 Å². The van der Waals surface area contributed by atoms with Gasteiger partial charge in [0.1, 0.15) is 0 Å². The van der Waals surface area contributed by atoms with Crippen molar-refractivity contribution in [3.8, 4) is 11.5 Å². The molecule has 0 aromatic heterocycles. The SMILES string of the molecule is COc1cc2c(cc1OC)[C@H](C)C(=O)N(C)C=C2. The maximum atomic E-state index is 12.1. The third kappa shape index (κ3) is 1.94. The summed E-state index contributed by atoms with van der Waals surface area (Å²) in [6.45, 7) is 1.90. The number of ether oxygens (including phenoxy) is 2. The van der Waals surface area contributed by atoms with Crippen molar-refractivity contribution in [2.24, 2.45) is 0 Å². The maximum absolute atomic E-state index is 12.1. The number of fused-ring (bicyclic) bond motifs is 1. The Kier molecular flexibility index (Phi) is 3.28. The summed E-state index contributed by atoms with van der Waals surface area (Å²) in [6.07, 6.45) is 3.69. The number of hydrogen-bond acceptors (Lipinski definition) is 3. The third-order valence-electron chi connectivity index (χ3n) is 3.25. The maximum Gasteiger partial charge on any atom is 0.233 e. The molecule has 0 spiro atoms. The third-order valence-corrected chi connectivity index (χ3v) is 3.25. The fraction of sp³-hybridized carbons (Fsp3) is 0.357. The molecule has 4 nitrogen and oxygen atoms in total. The van der Waals surface area contributed by atoms with Crippen LogP contribution in [0.15, 0.2) is 18.3 Å². The molecule has 4 heteroatoms. The second-order valence-corrected chi connectivity index (χ2v) is 4.32. The molecule has 1 atom stereocenters. The molecular formula is C14H17NO3. The predicted octanol–water partition coefficient (Wildman–Crippen LogP) is 2.25. The molecule has 1 aliphatic heterocycles. The first kappa shape index (κ1) is 12.5. The van der Waals surface area contributed by atoms with Gasteiger partial charge in [0, 0.05) is 13.2 Å². The summed E-state index contributed by atoms with van der Waals surface area (Å²) in [6, 6.07) is 3.77. The normalized spacial score (nSPS) is 18.3. The highest BCUT2D eigenvalue weighted by Crippen LogP contribution is 2.36. The van der Waals surface area contributed by atoms with Gasteiger partial charge < -0.3 is 14.4 Å². The van der Waals surface area contributed by atoms with E-state index in [0.29, 0.717) is 11.5 Å². The Morgan fingerprint density at radius 1 is 1.17 bits per heavy atom. The number of benzene rings is 1. The number of amides is 1. The Morgan fingerprint density at radius 2 is 1.78 bits per heavy atom. The summed E-state index contributed by atoms with van der Waals surface area (Å²) in [4.78, 5) is 13.7. The second kappa shape index (κ2) is 4.72. The minimum atomic E-state index is -0.195. The fourth-order valence-electron chi connectivity index (χ4n) is 2.13. The van der Waals surface area contributed by atoms with Crippen molar-refractivity contribution in [2.75, 3.05) is 21.3 Å². The lowest BCUT2D eigenvalue weighted by atomic mass is 9.95. The van der Waals surface area contributed by atoms with Gasteiger partial charge in [0.05, 0.1) is 20.1 Å². The summed E-state index contributed by atoms with van der Waals surface area (Å²) in [5.74, 6) is 1.19. The zero-order valence-corrected chi connectivity index (χ0v) is 11.1. The first-order valence-electron chi connectivity index (χ1n) is 5.79. The lowest BCUT2D eigenvalue weighted by Crippen LogP contribution is -2.24. The van der Waals surface area contributed by atoms with Crippen molar-refractivity contribution in [1.29, 1.82) is 0 Å². The van der Waals surface area contributed by atoms with Crippen LogP contribution < -0.4 is 9.47 Å². The van der Waals surface area contributed by atoms with E-state index in [4.69, 9.17) is 9.47 Å². The van der Waals surface area contributed by atoms with E-state index in [1.807, 2.05) is 25.1 Å². The van der Waals surface area contributed by atoms with Gasteiger partial charge in [-0.1, -0.05) is 0 Å². The molecule has 96 valence electrons. The zero-order chi connectivity index (χ0) is 13.3. The van der Waals surface area contributed by atoms with Crippen LogP contribution in [0.1, 0.15) is 24.0 Å². The van der Waals surface area contributed by atoms with E-state index in [2.05, 4.69) is 0 Å². The van der Waals surface area contributed by atoms with Crippen LogP contribution in [0.4, 0.5) is 0 Å². The van der Waals surface area contributed by atoms with Gasteiger partial charge in [-0.2, -0.15) is 0 Å². The minimum Gasteiger partial charge on any atom is -0.493 e. The van der Waals surface area contributed by atoms with Crippen molar-refractivity contribution in [1.82, 2.24) is 4.90 Å². The Morgan fingerprint density at radius 3 is 2.39 bits per heavy atom.